The largest absolute Gasteiger partial charge is 0.493 e. The Morgan fingerprint density at radius 2 is 1.81 bits per heavy atom. The zero-order valence-electron chi connectivity index (χ0n) is 11.6. The second-order valence-corrected chi connectivity index (χ2v) is 5.13. The molecule has 0 fully saturated rings. The minimum atomic E-state index is 0.278. The van der Waals surface area contributed by atoms with Gasteiger partial charge in [0.05, 0.1) is 14.2 Å². The molecule has 0 spiro atoms. The average molecular weight is 323 g/mol. The second kappa shape index (κ2) is 6.65. The van der Waals surface area contributed by atoms with E-state index in [9.17, 15) is 0 Å². The normalized spacial score (nSPS) is 10.0. The summed E-state index contributed by atoms with van der Waals surface area (Å²) < 4.78 is 10.5. The summed E-state index contributed by atoms with van der Waals surface area (Å²) in [6, 6.07) is 10.8. The van der Waals surface area contributed by atoms with Gasteiger partial charge in [-0.2, -0.15) is 0 Å². The summed E-state index contributed by atoms with van der Waals surface area (Å²) in [5.74, 6) is 1.29. The Kier molecular flexibility index (Phi) is 4.88. The smallest absolute Gasteiger partial charge is 0.162 e. The van der Waals surface area contributed by atoms with Crippen LogP contribution in [0.1, 0.15) is 5.56 Å². The second-order valence-electron chi connectivity index (χ2n) is 4.25. The monoisotopic (exact) mass is 322 g/mol. The van der Waals surface area contributed by atoms with Gasteiger partial charge >= 0.3 is 0 Å². The van der Waals surface area contributed by atoms with Gasteiger partial charge in [-0.25, -0.2) is 0 Å². The number of nitrogens with two attached hydrogens (primary N) is 1. The van der Waals surface area contributed by atoms with E-state index in [4.69, 9.17) is 39.0 Å². The van der Waals surface area contributed by atoms with Crippen LogP contribution in [-0.4, -0.2) is 19.2 Å². The topological polar surface area (TPSA) is 56.5 Å². The van der Waals surface area contributed by atoms with Crippen LogP contribution in [0.3, 0.4) is 0 Å². The Labute approximate surface area is 133 Å². The van der Waals surface area contributed by atoms with Gasteiger partial charge in [-0.15, -0.1) is 0 Å². The van der Waals surface area contributed by atoms with E-state index < -0.39 is 0 Å². The molecule has 0 bridgehead atoms. The molecule has 0 aromatic heterocycles. The molecule has 0 saturated carbocycles. The van der Waals surface area contributed by atoms with Gasteiger partial charge in [0.25, 0.3) is 0 Å². The Morgan fingerprint density at radius 1 is 1.10 bits per heavy atom. The minimum Gasteiger partial charge on any atom is -0.493 e. The molecule has 4 nitrogen and oxygen atoms in total. The van der Waals surface area contributed by atoms with Crippen molar-refractivity contribution in [3.63, 3.8) is 0 Å². The van der Waals surface area contributed by atoms with Gasteiger partial charge in [0.1, 0.15) is 4.99 Å². The molecule has 6 heteroatoms. The fourth-order valence-corrected chi connectivity index (χ4v) is 2.24. The van der Waals surface area contributed by atoms with Gasteiger partial charge in [0.2, 0.25) is 0 Å². The van der Waals surface area contributed by atoms with E-state index in [1.165, 1.54) is 0 Å². The maximum Gasteiger partial charge on any atom is 0.162 e. The number of benzene rings is 2. The highest BCUT2D eigenvalue weighted by Gasteiger charge is 2.09. The third kappa shape index (κ3) is 3.56. The first-order valence-corrected chi connectivity index (χ1v) is 6.92. The number of nitrogens with one attached hydrogen (secondary N) is 1. The lowest BCUT2D eigenvalue weighted by Gasteiger charge is -2.14. The van der Waals surface area contributed by atoms with Crippen molar-refractivity contribution in [2.75, 3.05) is 19.5 Å². The van der Waals surface area contributed by atoms with Crippen molar-refractivity contribution in [3.8, 4) is 11.5 Å². The summed E-state index contributed by atoms with van der Waals surface area (Å²) in [5.41, 5.74) is 8.02. The quantitative estimate of drug-likeness (QED) is 0.821. The maximum atomic E-state index is 5.97. The van der Waals surface area contributed by atoms with Crippen molar-refractivity contribution in [2.45, 2.75) is 0 Å². The molecule has 0 aliphatic rings. The first kappa shape index (κ1) is 15.4. The number of anilines is 2. The Balaban J connectivity index is 2.36. The SMILES string of the molecule is COc1ccc(Nc2ccc(Cl)cc2C(N)=S)cc1OC. The van der Waals surface area contributed by atoms with Gasteiger partial charge in [-0.3, -0.25) is 0 Å². The molecular formula is C15H15ClN2O2S. The van der Waals surface area contributed by atoms with Crippen LogP contribution in [-0.2, 0) is 0 Å². The van der Waals surface area contributed by atoms with Gasteiger partial charge in [-0.05, 0) is 30.3 Å². The van der Waals surface area contributed by atoms with Crippen LogP contribution in [0.15, 0.2) is 36.4 Å². The van der Waals surface area contributed by atoms with Crippen molar-refractivity contribution in [3.05, 3.63) is 47.0 Å². The van der Waals surface area contributed by atoms with Gasteiger partial charge in [0, 0.05) is 28.0 Å². The number of hydrogen-bond donors (Lipinski definition) is 2. The van der Waals surface area contributed by atoms with Crippen molar-refractivity contribution in [1.29, 1.82) is 0 Å². The van der Waals surface area contributed by atoms with Crippen molar-refractivity contribution in [1.82, 2.24) is 0 Å². The summed E-state index contributed by atoms with van der Waals surface area (Å²) in [7, 11) is 3.18. The number of rotatable bonds is 5. The van der Waals surface area contributed by atoms with E-state index in [1.54, 1.807) is 26.4 Å². The van der Waals surface area contributed by atoms with Crippen LogP contribution in [0, 0.1) is 0 Å². The number of hydrogen-bond acceptors (Lipinski definition) is 4. The average Bonchev–Trinajstić information content (AvgIpc) is 2.48. The van der Waals surface area contributed by atoms with E-state index in [1.807, 2.05) is 24.3 Å². The Morgan fingerprint density at radius 3 is 2.43 bits per heavy atom. The summed E-state index contributed by atoms with van der Waals surface area (Å²) in [6.07, 6.45) is 0. The summed E-state index contributed by atoms with van der Waals surface area (Å²) >= 11 is 11.0. The van der Waals surface area contributed by atoms with Gasteiger partial charge < -0.3 is 20.5 Å². The lowest BCUT2D eigenvalue weighted by Crippen LogP contribution is -2.12. The van der Waals surface area contributed by atoms with E-state index in [-0.39, 0.29) is 4.99 Å². The van der Waals surface area contributed by atoms with E-state index in [2.05, 4.69) is 5.32 Å². The molecule has 0 radical (unpaired) electrons. The summed E-state index contributed by atoms with van der Waals surface area (Å²) in [6.45, 7) is 0. The fraction of sp³-hybridized carbons (Fsp3) is 0.133. The maximum absolute atomic E-state index is 5.97. The lowest BCUT2D eigenvalue weighted by atomic mass is 10.1. The molecule has 21 heavy (non-hydrogen) atoms. The number of methoxy groups -OCH3 is 2. The van der Waals surface area contributed by atoms with E-state index >= 15 is 0 Å². The highest BCUT2D eigenvalue weighted by atomic mass is 35.5. The molecular weight excluding hydrogens is 308 g/mol. The van der Waals surface area contributed by atoms with Gasteiger partial charge in [0.15, 0.2) is 11.5 Å². The van der Waals surface area contributed by atoms with Crippen LogP contribution >= 0.6 is 23.8 Å². The molecule has 0 atom stereocenters. The zero-order valence-corrected chi connectivity index (χ0v) is 13.2. The third-order valence-electron chi connectivity index (χ3n) is 2.91. The summed E-state index contributed by atoms with van der Waals surface area (Å²) in [5, 5.41) is 3.82. The molecule has 0 amide bonds. The van der Waals surface area contributed by atoms with E-state index in [0.29, 0.717) is 22.1 Å². The number of halogens is 1. The molecule has 2 aromatic rings. The van der Waals surface area contributed by atoms with Crippen LogP contribution in [0.5, 0.6) is 11.5 Å². The van der Waals surface area contributed by atoms with Crippen molar-refractivity contribution in [2.24, 2.45) is 5.73 Å². The van der Waals surface area contributed by atoms with Crippen LogP contribution in [0.4, 0.5) is 11.4 Å². The fourth-order valence-electron chi connectivity index (χ4n) is 1.90. The molecule has 2 rings (SSSR count). The molecule has 110 valence electrons. The van der Waals surface area contributed by atoms with E-state index in [0.717, 1.165) is 11.4 Å². The standard InChI is InChI=1S/C15H15ClN2O2S/c1-19-13-6-4-10(8-14(13)20-2)18-12-5-3-9(16)7-11(12)15(17)21/h3-8,18H,1-2H3,(H2,17,21). The van der Waals surface area contributed by atoms with Gasteiger partial charge in [-0.1, -0.05) is 23.8 Å². The highest BCUT2D eigenvalue weighted by Crippen LogP contribution is 2.32. The van der Waals surface area contributed by atoms with Crippen molar-refractivity contribution < 1.29 is 9.47 Å². The molecule has 0 unspecified atom stereocenters. The first-order valence-electron chi connectivity index (χ1n) is 6.13. The minimum absolute atomic E-state index is 0.278. The molecule has 0 heterocycles. The molecule has 2 aromatic carbocycles. The molecule has 0 saturated heterocycles. The number of ether oxygens (including phenoxy) is 2. The first-order chi connectivity index (χ1) is 10.0. The Bertz CT molecular complexity index is 677. The van der Waals surface area contributed by atoms with Crippen LogP contribution in [0.25, 0.3) is 0 Å². The molecule has 0 aliphatic carbocycles. The highest BCUT2D eigenvalue weighted by molar-refractivity contribution is 7.80. The van der Waals surface area contributed by atoms with Crippen LogP contribution in [0.2, 0.25) is 5.02 Å². The molecule has 0 aliphatic heterocycles. The third-order valence-corrected chi connectivity index (χ3v) is 3.36. The Hall–Kier alpha value is -1.98. The van der Waals surface area contributed by atoms with Crippen molar-refractivity contribution >= 4 is 40.2 Å². The molecule has 3 N–H and O–H groups in total. The van der Waals surface area contributed by atoms with Crippen LogP contribution < -0.4 is 20.5 Å². The number of thiocarbonyl (C=S) groups is 1. The predicted octanol–water partition coefficient (Wildman–Crippen LogP) is 3.74. The zero-order chi connectivity index (χ0) is 15.4. The predicted molar refractivity (Wildman–Crippen MR) is 90.2 cm³/mol. The summed E-state index contributed by atoms with van der Waals surface area (Å²) in [4.78, 5) is 0.278. The lowest BCUT2D eigenvalue weighted by molar-refractivity contribution is 0.355.